The number of ketones is 1. The molecule has 1 aliphatic heterocycles. The molecule has 3 rings (SSSR count). The fourth-order valence-electron chi connectivity index (χ4n) is 2.57. The summed E-state index contributed by atoms with van der Waals surface area (Å²) in [6.45, 7) is 4.05. The Morgan fingerprint density at radius 1 is 1.32 bits per heavy atom. The molecule has 0 fully saturated rings. The van der Waals surface area contributed by atoms with Crippen LogP contribution in [0.5, 0.6) is 0 Å². The van der Waals surface area contributed by atoms with Crippen molar-refractivity contribution < 1.29 is 14.3 Å². The maximum Gasteiger partial charge on any atom is 0.346 e. The summed E-state index contributed by atoms with van der Waals surface area (Å²) >= 11 is 1.47. The molecule has 0 radical (unpaired) electrons. The van der Waals surface area contributed by atoms with Crippen molar-refractivity contribution in [1.82, 2.24) is 9.55 Å². The number of esters is 1. The quantitative estimate of drug-likeness (QED) is 0.464. The molecule has 7 heteroatoms. The van der Waals surface area contributed by atoms with Crippen LogP contribution in [0, 0.1) is 0 Å². The maximum atomic E-state index is 12.4. The molecule has 0 N–H and O–H groups in total. The SMILES string of the molecule is CCc1ccc(C(=O)C(C)OC(=O)c2cnc3n(c2=O)CCS3)cc1. The van der Waals surface area contributed by atoms with Crippen molar-refractivity contribution in [1.29, 1.82) is 0 Å². The fourth-order valence-corrected chi connectivity index (χ4v) is 3.49. The molecule has 0 spiro atoms. The van der Waals surface area contributed by atoms with E-state index in [2.05, 4.69) is 4.98 Å². The molecule has 0 bridgehead atoms. The first-order chi connectivity index (χ1) is 12.0. The van der Waals surface area contributed by atoms with Crippen molar-refractivity contribution in [2.75, 3.05) is 5.75 Å². The number of aryl methyl sites for hydroxylation is 1. The second-order valence-corrected chi connectivity index (χ2v) is 6.78. The highest BCUT2D eigenvalue weighted by atomic mass is 32.2. The highest BCUT2D eigenvalue weighted by Gasteiger charge is 2.25. The smallest absolute Gasteiger partial charge is 0.346 e. The van der Waals surface area contributed by atoms with E-state index < -0.39 is 17.6 Å². The molecule has 25 heavy (non-hydrogen) atoms. The van der Waals surface area contributed by atoms with Gasteiger partial charge < -0.3 is 4.74 Å². The van der Waals surface area contributed by atoms with Crippen LogP contribution in [0.25, 0.3) is 0 Å². The van der Waals surface area contributed by atoms with E-state index in [4.69, 9.17) is 4.74 Å². The van der Waals surface area contributed by atoms with Gasteiger partial charge in [0.2, 0.25) is 5.78 Å². The van der Waals surface area contributed by atoms with Gasteiger partial charge in [0, 0.05) is 17.9 Å². The third-order valence-corrected chi connectivity index (χ3v) is 5.05. The lowest BCUT2D eigenvalue weighted by molar-refractivity contribution is 0.0315. The Bertz CT molecular complexity index is 874. The zero-order valence-corrected chi connectivity index (χ0v) is 14.8. The number of thioether (sulfide) groups is 1. The number of aromatic nitrogens is 2. The third-order valence-electron chi connectivity index (χ3n) is 4.08. The molecule has 130 valence electrons. The Kier molecular flexibility index (Phi) is 5.03. The fraction of sp³-hybridized carbons (Fsp3) is 0.333. The first-order valence-electron chi connectivity index (χ1n) is 8.08. The number of fused-ring (bicyclic) bond motifs is 1. The summed E-state index contributed by atoms with van der Waals surface area (Å²) in [6.07, 6.45) is 1.13. The molecule has 1 aliphatic rings. The van der Waals surface area contributed by atoms with Crippen molar-refractivity contribution in [3.8, 4) is 0 Å². The minimum atomic E-state index is -0.980. The molecule has 6 nitrogen and oxygen atoms in total. The Morgan fingerprint density at radius 3 is 2.72 bits per heavy atom. The van der Waals surface area contributed by atoms with Gasteiger partial charge in [-0.15, -0.1) is 0 Å². The van der Waals surface area contributed by atoms with Gasteiger partial charge >= 0.3 is 5.97 Å². The van der Waals surface area contributed by atoms with Gasteiger partial charge in [-0.05, 0) is 18.9 Å². The van der Waals surface area contributed by atoms with Crippen molar-refractivity contribution in [3.05, 3.63) is 57.5 Å². The highest BCUT2D eigenvalue weighted by Crippen LogP contribution is 2.20. The minimum Gasteiger partial charge on any atom is -0.450 e. The Morgan fingerprint density at radius 2 is 2.04 bits per heavy atom. The van der Waals surface area contributed by atoms with Crippen LogP contribution in [0.4, 0.5) is 0 Å². The van der Waals surface area contributed by atoms with Crippen LogP contribution in [-0.2, 0) is 17.7 Å². The average Bonchev–Trinajstić information content (AvgIpc) is 3.11. The number of benzene rings is 1. The molecule has 0 saturated carbocycles. The van der Waals surface area contributed by atoms with Crippen LogP contribution in [-0.4, -0.2) is 33.2 Å². The van der Waals surface area contributed by atoms with E-state index in [9.17, 15) is 14.4 Å². The van der Waals surface area contributed by atoms with E-state index in [-0.39, 0.29) is 11.3 Å². The summed E-state index contributed by atoms with van der Waals surface area (Å²) in [5, 5.41) is 0.599. The van der Waals surface area contributed by atoms with Gasteiger partial charge in [-0.3, -0.25) is 14.2 Å². The second kappa shape index (κ2) is 7.23. The van der Waals surface area contributed by atoms with Gasteiger partial charge in [-0.25, -0.2) is 9.78 Å². The largest absolute Gasteiger partial charge is 0.450 e. The number of hydrogen-bond donors (Lipinski definition) is 0. The predicted octanol–water partition coefficient (Wildman–Crippen LogP) is 2.34. The van der Waals surface area contributed by atoms with Crippen molar-refractivity contribution >= 4 is 23.5 Å². The van der Waals surface area contributed by atoms with Crippen LogP contribution in [0.2, 0.25) is 0 Å². The van der Waals surface area contributed by atoms with E-state index >= 15 is 0 Å². The number of carbonyl (C=O) groups is 2. The van der Waals surface area contributed by atoms with Crippen LogP contribution in [0.1, 0.15) is 40.1 Å². The number of nitrogens with zero attached hydrogens (tertiary/aromatic N) is 2. The first-order valence-corrected chi connectivity index (χ1v) is 9.06. The maximum absolute atomic E-state index is 12.4. The Hall–Kier alpha value is -2.41. The van der Waals surface area contributed by atoms with Gasteiger partial charge in [0.1, 0.15) is 5.56 Å². The number of ether oxygens (including phenoxy) is 1. The topological polar surface area (TPSA) is 78.3 Å². The number of carbonyl (C=O) groups excluding carboxylic acids is 2. The molecule has 1 unspecified atom stereocenters. The van der Waals surface area contributed by atoms with Crippen molar-refractivity contribution in [2.24, 2.45) is 0 Å². The Labute approximate surface area is 149 Å². The highest BCUT2D eigenvalue weighted by molar-refractivity contribution is 7.99. The molecule has 1 aromatic heterocycles. The summed E-state index contributed by atoms with van der Waals surface area (Å²) < 4.78 is 6.66. The molecule has 2 heterocycles. The molecular weight excluding hydrogens is 340 g/mol. The van der Waals surface area contributed by atoms with Gasteiger partial charge in [0.15, 0.2) is 11.3 Å². The second-order valence-electron chi connectivity index (χ2n) is 5.72. The van der Waals surface area contributed by atoms with E-state index in [1.807, 2.05) is 19.1 Å². The zero-order chi connectivity index (χ0) is 18.0. The normalized spacial score (nSPS) is 14.0. The summed E-state index contributed by atoms with van der Waals surface area (Å²) in [4.78, 5) is 41.1. The Balaban J connectivity index is 1.74. The summed E-state index contributed by atoms with van der Waals surface area (Å²) in [7, 11) is 0. The molecule has 1 aromatic carbocycles. The van der Waals surface area contributed by atoms with Crippen LogP contribution in [0.15, 0.2) is 40.4 Å². The molecular formula is C18H18N2O4S. The monoisotopic (exact) mass is 358 g/mol. The average molecular weight is 358 g/mol. The van der Waals surface area contributed by atoms with Gasteiger partial charge in [-0.1, -0.05) is 43.0 Å². The minimum absolute atomic E-state index is 0.146. The summed E-state index contributed by atoms with van der Waals surface area (Å²) in [5.74, 6) is -0.375. The van der Waals surface area contributed by atoms with Crippen LogP contribution < -0.4 is 5.56 Å². The lowest BCUT2D eigenvalue weighted by Gasteiger charge is -2.13. The number of rotatable bonds is 5. The summed E-state index contributed by atoms with van der Waals surface area (Å²) in [6, 6.07) is 7.18. The molecule has 1 atom stereocenters. The zero-order valence-electron chi connectivity index (χ0n) is 14.0. The van der Waals surface area contributed by atoms with Crippen molar-refractivity contribution in [3.63, 3.8) is 0 Å². The third kappa shape index (κ3) is 3.51. The van der Waals surface area contributed by atoms with Crippen molar-refractivity contribution in [2.45, 2.75) is 38.1 Å². The standard InChI is InChI=1S/C18H18N2O4S/c1-3-12-4-6-13(7-5-12)15(21)11(2)24-17(23)14-10-19-18-20(16(14)22)8-9-25-18/h4-7,10-11H,3,8-9H2,1-2H3. The van der Waals surface area contributed by atoms with Gasteiger partial charge in [0.25, 0.3) is 5.56 Å². The lowest BCUT2D eigenvalue weighted by atomic mass is 10.0. The van der Waals surface area contributed by atoms with E-state index in [1.165, 1.54) is 29.4 Å². The molecule has 0 saturated heterocycles. The number of hydrogen-bond acceptors (Lipinski definition) is 6. The van der Waals surface area contributed by atoms with E-state index in [1.54, 1.807) is 12.1 Å². The molecule has 2 aromatic rings. The first kappa shape index (κ1) is 17.4. The summed E-state index contributed by atoms with van der Waals surface area (Å²) in [5.41, 5.74) is 1.02. The lowest BCUT2D eigenvalue weighted by Crippen LogP contribution is -2.31. The van der Waals surface area contributed by atoms with Gasteiger partial charge in [-0.2, -0.15) is 0 Å². The predicted molar refractivity (Wildman–Crippen MR) is 94.2 cm³/mol. The van der Waals surface area contributed by atoms with Crippen LogP contribution >= 0.6 is 11.8 Å². The van der Waals surface area contributed by atoms with E-state index in [0.29, 0.717) is 17.3 Å². The molecule has 0 amide bonds. The van der Waals surface area contributed by atoms with Gasteiger partial charge in [0.05, 0.1) is 6.20 Å². The number of Topliss-reactive ketones (excluding diaryl/α,β-unsaturated/α-hetero) is 1. The van der Waals surface area contributed by atoms with Crippen LogP contribution in [0.3, 0.4) is 0 Å². The molecule has 0 aliphatic carbocycles. The van der Waals surface area contributed by atoms with E-state index in [0.717, 1.165) is 17.7 Å².